The lowest BCUT2D eigenvalue weighted by Gasteiger charge is -2.06. The highest BCUT2D eigenvalue weighted by molar-refractivity contribution is 5.82. The van der Waals surface area contributed by atoms with Gasteiger partial charge in [-0.25, -0.2) is 9.59 Å². The molecule has 80 valence electrons. The molecule has 0 aliphatic carbocycles. The summed E-state index contributed by atoms with van der Waals surface area (Å²) in [6.07, 6.45) is -1.37. The van der Waals surface area contributed by atoms with Crippen molar-refractivity contribution in [3.63, 3.8) is 0 Å². The maximum Gasteiger partial charge on any atom is 0.433 e. The molecule has 0 aromatic carbocycles. The van der Waals surface area contributed by atoms with Crippen LogP contribution in [-0.2, 0) is 9.47 Å². The zero-order valence-electron chi connectivity index (χ0n) is 8.39. The highest BCUT2D eigenvalue weighted by Gasteiger charge is 2.05. The van der Waals surface area contributed by atoms with E-state index in [1.807, 2.05) is 0 Å². The molecule has 0 aromatic heterocycles. The van der Waals surface area contributed by atoms with Crippen LogP contribution in [-0.4, -0.2) is 30.6 Å². The first kappa shape index (κ1) is 12.4. The van der Waals surface area contributed by atoms with Crippen molar-refractivity contribution < 1.29 is 19.1 Å². The molecule has 0 saturated heterocycles. The number of hydrogen-bond acceptors (Lipinski definition) is 4. The van der Waals surface area contributed by atoms with Crippen LogP contribution in [0.25, 0.3) is 0 Å². The van der Waals surface area contributed by atoms with Crippen LogP contribution in [0.1, 0.15) is 20.8 Å². The fraction of sp³-hybridized carbons (Fsp3) is 0.625. The van der Waals surface area contributed by atoms with Gasteiger partial charge in [-0.15, -0.1) is 0 Å². The van der Waals surface area contributed by atoms with Crippen LogP contribution >= 0.6 is 0 Å². The lowest BCUT2D eigenvalue weighted by atomic mass is 10.4. The summed E-state index contributed by atoms with van der Waals surface area (Å²) in [5.74, 6) is 0. The minimum absolute atomic E-state index is 0.230. The summed E-state index contributed by atoms with van der Waals surface area (Å²) in [5, 5.41) is 0. The number of primary amides is 1. The molecule has 0 bridgehead atoms. The lowest BCUT2D eigenvalue weighted by molar-refractivity contribution is 0.124. The molecule has 2 amide bonds. The number of amides is 2. The molecule has 14 heavy (non-hydrogen) atoms. The number of aliphatic imine (C=N–C) groups is 1. The maximum absolute atomic E-state index is 10.9. The van der Waals surface area contributed by atoms with E-state index in [1.165, 1.54) is 6.92 Å². The van der Waals surface area contributed by atoms with E-state index in [4.69, 9.17) is 10.5 Å². The van der Waals surface area contributed by atoms with Crippen LogP contribution in [0.15, 0.2) is 4.99 Å². The average molecular weight is 202 g/mol. The smallest absolute Gasteiger partial charge is 0.433 e. The molecular weight excluding hydrogens is 188 g/mol. The van der Waals surface area contributed by atoms with Crippen LogP contribution in [0.5, 0.6) is 0 Å². The van der Waals surface area contributed by atoms with E-state index in [0.29, 0.717) is 0 Å². The molecule has 0 spiro atoms. The minimum atomic E-state index is -0.916. The Balaban J connectivity index is 3.91. The van der Waals surface area contributed by atoms with Crippen LogP contribution < -0.4 is 5.73 Å². The van der Waals surface area contributed by atoms with Crippen molar-refractivity contribution in [3.8, 4) is 0 Å². The molecular formula is C8H14N2O4. The number of carbonyl (C=O) groups excluding carboxylic acids is 2. The Morgan fingerprint density at radius 1 is 1.29 bits per heavy atom. The number of ether oxygens (including phenoxy) is 2. The van der Waals surface area contributed by atoms with E-state index in [1.54, 1.807) is 13.8 Å². The minimum Gasteiger partial charge on any atom is -0.445 e. The van der Waals surface area contributed by atoms with E-state index in [2.05, 4.69) is 9.73 Å². The Morgan fingerprint density at radius 3 is 2.29 bits per heavy atom. The number of carbonyl (C=O) groups is 2. The van der Waals surface area contributed by atoms with Crippen LogP contribution in [0.4, 0.5) is 9.59 Å². The largest absolute Gasteiger partial charge is 0.445 e. The summed E-state index contributed by atoms with van der Waals surface area (Å²) >= 11 is 0. The highest BCUT2D eigenvalue weighted by atomic mass is 16.6. The molecule has 6 heteroatoms. The van der Waals surface area contributed by atoms with Crippen molar-refractivity contribution in [1.29, 1.82) is 0 Å². The van der Waals surface area contributed by atoms with E-state index in [-0.39, 0.29) is 6.10 Å². The normalized spacial score (nSPS) is 12.9. The summed E-state index contributed by atoms with van der Waals surface area (Å²) < 4.78 is 9.18. The van der Waals surface area contributed by atoms with Gasteiger partial charge in [0.2, 0.25) is 0 Å². The van der Waals surface area contributed by atoms with Gasteiger partial charge in [0.05, 0.1) is 12.3 Å². The van der Waals surface area contributed by atoms with Gasteiger partial charge in [-0.3, -0.25) is 0 Å². The third kappa shape index (κ3) is 7.08. The average Bonchev–Trinajstić information content (AvgIpc) is 1.98. The van der Waals surface area contributed by atoms with Crippen molar-refractivity contribution in [3.05, 3.63) is 0 Å². The van der Waals surface area contributed by atoms with Crippen molar-refractivity contribution in [2.45, 2.75) is 33.0 Å². The Kier molecular flexibility index (Phi) is 5.28. The fourth-order valence-corrected chi connectivity index (χ4v) is 0.612. The maximum atomic E-state index is 10.9. The Morgan fingerprint density at radius 2 is 1.86 bits per heavy atom. The fourth-order valence-electron chi connectivity index (χ4n) is 0.612. The number of rotatable bonds is 3. The lowest BCUT2D eigenvalue weighted by Crippen LogP contribution is -2.21. The summed E-state index contributed by atoms with van der Waals surface area (Å²) in [4.78, 5) is 24.5. The zero-order valence-corrected chi connectivity index (χ0v) is 8.39. The molecule has 2 N–H and O–H groups in total. The van der Waals surface area contributed by atoms with Crippen molar-refractivity contribution in [2.24, 2.45) is 10.7 Å². The van der Waals surface area contributed by atoms with E-state index in [0.717, 1.165) is 6.21 Å². The van der Waals surface area contributed by atoms with E-state index >= 15 is 0 Å². The second-order valence-corrected chi connectivity index (χ2v) is 2.85. The number of hydrogen-bond donors (Lipinski definition) is 1. The van der Waals surface area contributed by atoms with Crippen LogP contribution in [0, 0.1) is 0 Å². The van der Waals surface area contributed by atoms with Gasteiger partial charge in [-0.05, 0) is 20.8 Å². The monoisotopic (exact) mass is 202 g/mol. The van der Waals surface area contributed by atoms with Gasteiger partial charge in [0.25, 0.3) is 0 Å². The second kappa shape index (κ2) is 5.95. The molecule has 0 aliphatic heterocycles. The first-order chi connectivity index (χ1) is 6.41. The standard InChI is InChI=1S/C8H14N2O4/c1-5(2)13-8(12)10-4-6(3)14-7(9)11/h4-6H,1-3H3,(H2,9,11)/b10-4+. The van der Waals surface area contributed by atoms with Crippen molar-refractivity contribution >= 4 is 18.4 Å². The molecule has 6 nitrogen and oxygen atoms in total. The number of nitrogens with zero attached hydrogens (tertiary/aromatic N) is 1. The second-order valence-electron chi connectivity index (χ2n) is 2.85. The first-order valence-corrected chi connectivity index (χ1v) is 4.12. The third-order valence-corrected chi connectivity index (χ3v) is 1.03. The van der Waals surface area contributed by atoms with Gasteiger partial charge in [-0.1, -0.05) is 0 Å². The summed E-state index contributed by atoms with van der Waals surface area (Å²) in [7, 11) is 0. The van der Waals surface area contributed by atoms with Crippen LogP contribution in [0.2, 0.25) is 0 Å². The SMILES string of the molecule is CC(C)OC(=O)/N=C/C(C)OC(N)=O. The van der Waals surface area contributed by atoms with Gasteiger partial charge >= 0.3 is 12.2 Å². The zero-order chi connectivity index (χ0) is 11.1. The van der Waals surface area contributed by atoms with Gasteiger partial charge in [0.15, 0.2) is 0 Å². The predicted molar refractivity (Wildman–Crippen MR) is 50.2 cm³/mol. The molecule has 0 aliphatic rings. The van der Waals surface area contributed by atoms with Crippen LogP contribution in [0.3, 0.4) is 0 Å². The topological polar surface area (TPSA) is 91.0 Å². The predicted octanol–water partition coefficient (Wildman–Crippen LogP) is 1.09. The number of nitrogens with two attached hydrogens (primary N) is 1. The molecule has 0 fully saturated rings. The van der Waals surface area contributed by atoms with Crippen molar-refractivity contribution in [1.82, 2.24) is 0 Å². The molecule has 0 radical (unpaired) electrons. The molecule has 0 saturated carbocycles. The Bertz CT molecular complexity index is 237. The molecule has 1 unspecified atom stereocenters. The van der Waals surface area contributed by atoms with Crippen molar-refractivity contribution in [2.75, 3.05) is 0 Å². The third-order valence-electron chi connectivity index (χ3n) is 1.03. The van der Waals surface area contributed by atoms with Gasteiger partial charge in [0.1, 0.15) is 6.10 Å². The van der Waals surface area contributed by atoms with E-state index in [9.17, 15) is 9.59 Å². The van der Waals surface area contributed by atoms with Gasteiger partial charge in [-0.2, -0.15) is 4.99 Å². The highest BCUT2D eigenvalue weighted by Crippen LogP contribution is 1.93. The van der Waals surface area contributed by atoms with E-state index < -0.39 is 18.3 Å². The quantitative estimate of drug-likeness (QED) is 0.693. The van der Waals surface area contributed by atoms with Gasteiger partial charge in [0, 0.05) is 0 Å². The Labute approximate surface area is 82.1 Å². The van der Waals surface area contributed by atoms with Gasteiger partial charge < -0.3 is 15.2 Å². The Hall–Kier alpha value is -1.59. The summed E-state index contributed by atoms with van der Waals surface area (Å²) in [5.41, 5.74) is 4.74. The summed E-state index contributed by atoms with van der Waals surface area (Å²) in [6.45, 7) is 4.93. The molecule has 1 atom stereocenters. The summed E-state index contributed by atoms with van der Waals surface area (Å²) in [6, 6.07) is 0. The molecule has 0 rings (SSSR count). The first-order valence-electron chi connectivity index (χ1n) is 4.12. The molecule has 0 aromatic rings. The molecule has 0 heterocycles.